The van der Waals surface area contributed by atoms with E-state index in [4.69, 9.17) is 52.1 Å². The van der Waals surface area contributed by atoms with Crippen molar-refractivity contribution in [1.82, 2.24) is 0 Å². The summed E-state index contributed by atoms with van der Waals surface area (Å²) in [5.41, 5.74) is 0. The second-order valence-corrected chi connectivity index (χ2v) is 11.2. The lowest BCUT2D eigenvalue weighted by Crippen LogP contribution is -2.15. The van der Waals surface area contributed by atoms with Gasteiger partial charge in [-0.1, -0.05) is 58.3 Å². The van der Waals surface area contributed by atoms with Crippen LogP contribution in [0.5, 0.6) is 0 Å². The Hall–Kier alpha value is -1.46. The smallest absolute Gasteiger partial charge is 0.307 e. The fraction of sp³-hybridized carbons (Fsp3) is 0.944. The molecule has 0 heterocycles. The molecule has 0 aliphatic heterocycles. The van der Waals surface area contributed by atoms with Gasteiger partial charge in [-0.05, 0) is 6.42 Å². The predicted molar refractivity (Wildman–Crippen MR) is 188 cm³/mol. The molecule has 0 amide bonds. The SMILES string of the molecule is CCCCCCCCCCCC(=O)OCCOCCOCCOCCOCCOCCOCCOCCOCCOCCOCCC(=O)OC. The number of unbranched alkanes of at least 4 members (excludes halogenated alkanes) is 8. The average molecular weight is 727 g/mol. The Morgan fingerprint density at radius 1 is 0.320 bits per heavy atom. The Balaban J connectivity index is 3.12. The van der Waals surface area contributed by atoms with Crippen LogP contribution < -0.4 is 0 Å². The van der Waals surface area contributed by atoms with Crippen LogP contribution >= 0.6 is 0 Å². The van der Waals surface area contributed by atoms with Gasteiger partial charge in [0.15, 0.2) is 0 Å². The van der Waals surface area contributed by atoms with Crippen molar-refractivity contribution < 1.29 is 66.4 Å². The van der Waals surface area contributed by atoms with Crippen LogP contribution in [0.15, 0.2) is 0 Å². The lowest BCUT2D eigenvalue weighted by Gasteiger charge is -2.09. The summed E-state index contributed by atoms with van der Waals surface area (Å²) in [6.45, 7) is 11.8. The number of hydrogen-bond acceptors (Lipinski definition) is 14. The molecule has 14 nitrogen and oxygen atoms in total. The van der Waals surface area contributed by atoms with Crippen molar-refractivity contribution in [3.63, 3.8) is 0 Å². The lowest BCUT2D eigenvalue weighted by atomic mass is 10.1. The molecule has 0 aromatic carbocycles. The first-order valence-electron chi connectivity index (χ1n) is 18.7. The second-order valence-electron chi connectivity index (χ2n) is 11.2. The minimum atomic E-state index is -0.287. The highest BCUT2D eigenvalue weighted by Crippen LogP contribution is 2.10. The number of esters is 2. The molecule has 0 saturated carbocycles. The molecule has 14 heteroatoms. The van der Waals surface area contributed by atoms with E-state index in [0.717, 1.165) is 12.8 Å². The van der Waals surface area contributed by atoms with E-state index in [2.05, 4.69) is 11.7 Å². The van der Waals surface area contributed by atoms with Gasteiger partial charge in [0.05, 0.1) is 146 Å². The van der Waals surface area contributed by atoms with Gasteiger partial charge in [-0.25, -0.2) is 0 Å². The number of methoxy groups -OCH3 is 1. The van der Waals surface area contributed by atoms with Crippen LogP contribution in [0, 0.1) is 0 Å². The van der Waals surface area contributed by atoms with Gasteiger partial charge in [-0.2, -0.15) is 0 Å². The molecule has 0 aromatic heterocycles. The van der Waals surface area contributed by atoms with E-state index in [1.165, 1.54) is 52.1 Å². The summed E-state index contributed by atoms with van der Waals surface area (Å²) in [4.78, 5) is 22.7. The monoisotopic (exact) mass is 726 g/mol. The molecule has 298 valence electrons. The molecule has 0 aliphatic rings. The zero-order valence-electron chi connectivity index (χ0n) is 31.3. The van der Waals surface area contributed by atoms with Crippen molar-refractivity contribution in [1.29, 1.82) is 0 Å². The molecule has 0 atom stereocenters. The van der Waals surface area contributed by atoms with Crippen LogP contribution in [0.2, 0.25) is 0 Å². The number of rotatable bonds is 43. The Bertz CT molecular complexity index is 685. The van der Waals surface area contributed by atoms with Gasteiger partial charge < -0.3 is 56.8 Å². The molecular weight excluding hydrogens is 656 g/mol. The highest BCUT2D eigenvalue weighted by atomic mass is 16.6. The Labute approximate surface area is 301 Å². The van der Waals surface area contributed by atoms with Gasteiger partial charge in [-0.3, -0.25) is 9.59 Å². The van der Waals surface area contributed by atoms with Crippen molar-refractivity contribution in [2.75, 3.05) is 146 Å². The average Bonchev–Trinajstić information content (AvgIpc) is 3.12. The molecule has 0 fully saturated rings. The maximum Gasteiger partial charge on any atom is 0.307 e. The van der Waals surface area contributed by atoms with E-state index >= 15 is 0 Å². The Morgan fingerprint density at radius 2 is 0.600 bits per heavy atom. The summed E-state index contributed by atoms with van der Waals surface area (Å²) in [6, 6.07) is 0. The van der Waals surface area contributed by atoms with E-state index in [1.54, 1.807) is 0 Å². The fourth-order valence-corrected chi connectivity index (χ4v) is 4.21. The quantitative estimate of drug-likeness (QED) is 0.0654. The molecule has 0 aromatic rings. The van der Waals surface area contributed by atoms with Crippen molar-refractivity contribution in [3.8, 4) is 0 Å². The molecule has 0 saturated heterocycles. The summed E-state index contributed by atoms with van der Waals surface area (Å²) < 4.78 is 64.1. The van der Waals surface area contributed by atoms with Gasteiger partial charge in [0, 0.05) is 6.42 Å². The zero-order chi connectivity index (χ0) is 36.3. The van der Waals surface area contributed by atoms with Crippen molar-refractivity contribution in [2.45, 2.75) is 77.6 Å². The summed E-state index contributed by atoms with van der Waals surface area (Å²) in [5, 5.41) is 0. The van der Waals surface area contributed by atoms with Gasteiger partial charge in [0.2, 0.25) is 0 Å². The summed E-state index contributed by atoms with van der Waals surface area (Å²) in [6.07, 6.45) is 11.8. The topological polar surface area (TPSA) is 145 Å². The van der Waals surface area contributed by atoms with Crippen molar-refractivity contribution >= 4 is 11.9 Å². The molecule has 0 spiro atoms. The van der Waals surface area contributed by atoms with Gasteiger partial charge in [-0.15, -0.1) is 0 Å². The highest BCUT2D eigenvalue weighted by molar-refractivity contribution is 5.69. The van der Waals surface area contributed by atoms with E-state index in [9.17, 15) is 9.59 Å². The predicted octanol–water partition coefficient (Wildman–Crippen LogP) is 4.18. The Morgan fingerprint density at radius 3 is 0.920 bits per heavy atom. The molecule has 0 rings (SSSR count). The standard InChI is InChI=1S/C36H70O14/c1-3-4-5-6-7-8-9-10-11-12-36(38)50-34-33-49-32-31-48-30-29-47-28-27-46-26-25-45-24-23-44-22-21-43-20-19-42-18-17-41-16-15-40-14-13-35(37)39-2/h3-34H2,1-2H3. The van der Waals surface area contributed by atoms with Crippen LogP contribution in [-0.4, -0.2) is 158 Å². The molecule has 50 heavy (non-hydrogen) atoms. The van der Waals surface area contributed by atoms with Crippen LogP contribution in [0.1, 0.15) is 77.6 Å². The van der Waals surface area contributed by atoms with Crippen LogP contribution in [0.3, 0.4) is 0 Å². The highest BCUT2D eigenvalue weighted by Gasteiger charge is 2.03. The largest absolute Gasteiger partial charge is 0.469 e. The fourth-order valence-electron chi connectivity index (χ4n) is 4.21. The molecular formula is C36H70O14. The second kappa shape index (κ2) is 43.7. The van der Waals surface area contributed by atoms with E-state index in [1.807, 2.05) is 0 Å². The van der Waals surface area contributed by atoms with Crippen molar-refractivity contribution in [2.24, 2.45) is 0 Å². The normalized spacial score (nSPS) is 11.3. The summed E-state index contributed by atoms with van der Waals surface area (Å²) in [7, 11) is 1.35. The minimum Gasteiger partial charge on any atom is -0.469 e. The zero-order valence-corrected chi connectivity index (χ0v) is 31.3. The van der Waals surface area contributed by atoms with E-state index in [0.29, 0.717) is 139 Å². The van der Waals surface area contributed by atoms with E-state index < -0.39 is 0 Å². The summed E-state index contributed by atoms with van der Waals surface area (Å²) >= 11 is 0. The van der Waals surface area contributed by atoms with Crippen molar-refractivity contribution in [3.05, 3.63) is 0 Å². The third-order valence-electron chi connectivity index (χ3n) is 7.00. The molecule has 0 N–H and O–H groups in total. The molecule has 0 bridgehead atoms. The number of carbonyl (C=O) groups is 2. The van der Waals surface area contributed by atoms with Crippen LogP contribution in [0.25, 0.3) is 0 Å². The number of carbonyl (C=O) groups excluding carboxylic acids is 2. The first-order chi connectivity index (χ1) is 24.7. The van der Waals surface area contributed by atoms with Crippen LogP contribution in [0.4, 0.5) is 0 Å². The molecule has 0 radical (unpaired) electrons. The van der Waals surface area contributed by atoms with Gasteiger partial charge in [0.25, 0.3) is 0 Å². The van der Waals surface area contributed by atoms with Crippen LogP contribution in [-0.2, 0) is 66.4 Å². The first-order valence-corrected chi connectivity index (χ1v) is 18.7. The third kappa shape index (κ3) is 42.7. The molecule has 0 aliphatic carbocycles. The number of ether oxygens (including phenoxy) is 12. The lowest BCUT2D eigenvalue weighted by molar-refractivity contribution is -0.145. The third-order valence-corrected chi connectivity index (χ3v) is 7.00. The molecule has 0 unspecified atom stereocenters. The minimum absolute atomic E-state index is 0.140. The maximum absolute atomic E-state index is 11.8. The van der Waals surface area contributed by atoms with E-state index in [-0.39, 0.29) is 25.0 Å². The van der Waals surface area contributed by atoms with Gasteiger partial charge >= 0.3 is 11.9 Å². The van der Waals surface area contributed by atoms with Gasteiger partial charge in [0.1, 0.15) is 6.61 Å². The Kier molecular flexibility index (Phi) is 42.4. The number of hydrogen-bond donors (Lipinski definition) is 0. The maximum atomic E-state index is 11.8. The first kappa shape index (κ1) is 48.5. The summed E-state index contributed by atoms with van der Waals surface area (Å²) in [5.74, 6) is -0.427.